The van der Waals surface area contributed by atoms with Crippen LogP contribution in [-0.2, 0) is 6.42 Å². The summed E-state index contributed by atoms with van der Waals surface area (Å²) >= 11 is 1.74. The van der Waals surface area contributed by atoms with Gasteiger partial charge < -0.3 is 10.6 Å². The van der Waals surface area contributed by atoms with E-state index in [2.05, 4.69) is 36.3 Å². The number of hydrogen-bond donors (Lipinski definition) is 1. The van der Waals surface area contributed by atoms with Crippen LogP contribution in [0.15, 0.2) is 5.38 Å². The van der Waals surface area contributed by atoms with E-state index < -0.39 is 0 Å². The molecule has 0 bridgehead atoms. The highest BCUT2D eigenvalue weighted by Crippen LogP contribution is 2.20. The highest BCUT2D eigenvalue weighted by Gasteiger charge is 2.13. The van der Waals surface area contributed by atoms with Crippen molar-refractivity contribution in [1.82, 2.24) is 9.88 Å². The molecule has 1 aromatic rings. The van der Waals surface area contributed by atoms with Gasteiger partial charge in [0.2, 0.25) is 0 Å². The lowest BCUT2D eigenvalue weighted by Crippen LogP contribution is -2.22. The van der Waals surface area contributed by atoms with Crippen molar-refractivity contribution in [3.8, 4) is 0 Å². The molecule has 3 nitrogen and oxygen atoms in total. The highest BCUT2D eigenvalue weighted by atomic mass is 32.1. The van der Waals surface area contributed by atoms with Crippen molar-refractivity contribution in [3.05, 3.63) is 16.1 Å². The van der Waals surface area contributed by atoms with E-state index in [1.54, 1.807) is 11.3 Å². The van der Waals surface area contributed by atoms with E-state index in [0.29, 0.717) is 5.92 Å². The molecule has 0 amide bonds. The van der Waals surface area contributed by atoms with E-state index >= 15 is 0 Å². The van der Waals surface area contributed by atoms with E-state index in [-0.39, 0.29) is 6.04 Å². The second-order valence-corrected chi connectivity index (χ2v) is 5.31. The van der Waals surface area contributed by atoms with Gasteiger partial charge in [-0.3, -0.25) is 0 Å². The maximum atomic E-state index is 5.86. The smallest absolute Gasteiger partial charge is 0.0941 e. The van der Waals surface area contributed by atoms with Gasteiger partial charge in [-0.1, -0.05) is 6.92 Å². The van der Waals surface area contributed by atoms with Crippen molar-refractivity contribution in [1.29, 1.82) is 0 Å². The monoisotopic (exact) mass is 227 g/mol. The molecular formula is C11H21N3S. The van der Waals surface area contributed by atoms with Gasteiger partial charge in [-0.15, -0.1) is 11.3 Å². The molecule has 4 heteroatoms. The lowest BCUT2D eigenvalue weighted by molar-refractivity contribution is 0.413. The van der Waals surface area contributed by atoms with Crippen LogP contribution in [0.2, 0.25) is 0 Å². The Labute approximate surface area is 96.3 Å². The fourth-order valence-electron chi connectivity index (χ4n) is 1.24. The predicted octanol–water partition coefficient (Wildman–Crippen LogP) is 1.70. The van der Waals surface area contributed by atoms with Gasteiger partial charge in [0.25, 0.3) is 0 Å². The summed E-state index contributed by atoms with van der Waals surface area (Å²) in [5, 5.41) is 3.35. The fraction of sp³-hybridized carbons (Fsp3) is 0.727. The minimum atomic E-state index is 0.175. The number of likely N-dealkylation sites (N-methyl/N-ethyl adjacent to an activating group) is 1. The summed E-state index contributed by atoms with van der Waals surface area (Å²) in [7, 11) is 4.16. The molecule has 0 aliphatic rings. The summed E-state index contributed by atoms with van der Waals surface area (Å²) in [5.41, 5.74) is 7.00. The van der Waals surface area contributed by atoms with E-state index in [1.165, 1.54) is 5.01 Å². The van der Waals surface area contributed by atoms with Gasteiger partial charge in [0.05, 0.1) is 10.7 Å². The Bertz CT molecular complexity index is 294. The third kappa shape index (κ3) is 3.89. The maximum Gasteiger partial charge on any atom is 0.0941 e. The summed E-state index contributed by atoms with van der Waals surface area (Å²) in [5.74, 6) is 0.356. The molecule has 1 heterocycles. The Morgan fingerprint density at radius 1 is 1.47 bits per heavy atom. The Hall–Kier alpha value is -0.450. The van der Waals surface area contributed by atoms with Crippen LogP contribution in [0.4, 0.5) is 0 Å². The van der Waals surface area contributed by atoms with Gasteiger partial charge in [0.1, 0.15) is 0 Å². The summed E-state index contributed by atoms with van der Waals surface area (Å²) < 4.78 is 0. The molecule has 0 saturated heterocycles. The largest absolute Gasteiger partial charge is 0.327 e. The van der Waals surface area contributed by atoms with Crippen LogP contribution in [0, 0.1) is 0 Å². The van der Waals surface area contributed by atoms with Crippen LogP contribution in [0.1, 0.15) is 30.5 Å². The van der Waals surface area contributed by atoms with Gasteiger partial charge in [-0.05, 0) is 21.0 Å². The molecule has 2 atom stereocenters. The Balaban J connectivity index is 2.56. The predicted molar refractivity (Wildman–Crippen MR) is 66.4 cm³/mol. The Kier molecular flexibility index (Phi) is 4.70. The first-order valence-electron chi connectivity index (χ1n) is 5.35. The summed E-state index contributed by atoms with van der Waals surface area (Å²) in [6, 6.07) is 0.175. The third-order valence-electron chi connectivity index (χ3n) is 2.60. The van der Waals surface area contributed by atoms with E-state index in [4.69, 9.17) is 5.73 Å². The van der Waals surface area contributed by atoms with Gasteiger partial charge in [-0.25, -0.2) is 4.98 Å². The molecule has 0 spiro atoms. The number of hydrogen-bond acceptors (Lipinski definition) is 4. The molecule has 2 N–H and O–H groups in total. The van der Waals surface area contributed by atoms with Gasteiger partial charge in [0, 0.05) is 30.3 Å². The molecule has 15 heavy (non-hydrogen) atoms. The SMILES string of the molecule is CC(N)C(C)c1csc(CCN(C)C)n1. The fourth-order valence-corrected chi connectivity index (χ4v) is 2.13. The lowest BCUT2D eigenvalue weighted by atomic mass is 10.0. The van der Waals surface area contributed by atoms with Crippen LogP contribution in [0.25, 0.3) is 0 Å². The van der Waals surface area contributed by atoms with Crippen molar-refractivity contribution in [2.45, 2.75) is 32.2 Å². The summed E-state index contributed by atoms with van der Waals surface area (Å²) in [6.45, 7) is 5.22. The average Bonchev–Trinajstić information content (AvgIpc) is 2.61. The summed E-state index contributed by atoms with van der Waals surface area (Å²) in [4.78, 5) is 6.79. The van der Waals surface area contributed by atoms with Crippen LogP contribution >= 0.6 is 11.3 Å². The second-order valence-electron chi connectivity index (χ2n) is 4.37. The number of aromatic nitrogens is 1. The lowest BCUT2D eigenvalue weighted by Gasteiger charge is -2.12. The number of thiazole rings is 1. The highest BCUT2D eigenvalue weighted by molar-refractivity contribution is 7.09. The molecule has 2 unspecified atom stereocenters. The van der Waals surface area contributed by atoms with Crippen LogP contribution in [0.5, 0.6) is 0 Å². The summed E-state index contributed by atoms with van der Waals surface area (Å²) in [6.07, 6.45) is 1.03. The number of rotatable bonds is 5. The standard InChI is InChI=1S/C11H21N3S/c1-8(9(2)12)10-7-15-11(13-10)5-6-14(3)4/h7-9H,5-6,12H2,1-4H3. The van der Waals surface area contributed by atoms with Crippen molar-refractivity contribution in [2.24, 2.45) is 5.73 Å². The van der Waals surface area contributed by atoms with Crippen molar-refractivity contribution in [3.63, 3.8) is 0 Å². The van der Waals surface area contributed by atoms with E-state index in [9.17, 15) is 0 Å². The zero-order chi connectivity index (χ0) is 11.4. The van der Waals surface area contributed by atoms with Crippen molar-refractivity contribution >= 4 is 11.3 Å². The number of nitrogens with two attached hydrogens (primary N) is 1. The van der Waals surface area contributed by atoms with E-state index in [1.807, 2.05) is 6.92 Å². The Morgan fingerprint density at radius 3 is 2.67 bits per heavy atom. The average molecular weight is 227 g/mol. The maximum absolute atomic E-state index is 5.86. The molecule has 0 fully saturated rings. The second kappa shape index (κ2) is 5.58. The molecule has 0 radical (unpaired) electrons. The molecule has 1 aromatic heterocycles. The van der Waals surface area contributed by atoms with Crippen molar-refractivity contribution in [2.75, 3.05) is 20.6 Å². The first-order valence-corrected chi connectivity index (χ1v) is 6.23. The zero-order valence-electron chi connectivity index (χ0n) is 10.0. The first-order chi connectivity index (χ1) is 7.00. The van der Waals surface area contributed by atoms with Crippen LogP contribution < -0.4 is 5.73 Å². The molecular weight excluding hydrogens is 206 g/mol. The van der Waals surface area contributed by atoms with Crippen LogP contribution in [-0.4, -0.2) is 36.6 Å². The minimum Gasteiger partial charge on any atom is -0.327 e. The molecule has 86 valence electrons. The molecule has 0 aliphatic carbocycles. The number of nitrogens with zero attached hydrogens (tertiary/aromatic N) is 2. The first kappa shape index (κ1) is 12.6. The quantitative estimate of drug-likeness (QED) is 0.832. The van der Waals surface area contributed by atoms with Gasteiger partial charge in [-0.2, -0.15) is 0 Å². The molecule has 0 aromatic carbocycles. The zero-order valence-corrected chi connectivity index (χ0v) is 10.8. The molecule has 0 aliphatic heterocycles. The van der Waals surface area contributed by atoms with Gasteiger partial charge >= 0.3 is 0 Å². The Morgan fingerprint density at radius 2 is 2.13 bits per heavy atom. The minimum absolute atomic E-state index is 0.175. The van der Waals surface area contributed by atoms with Crippen molar-refractivity contribution < 1.29 is 0 Å². The van der Waals surface area contributed by atoms with Crippen LogP contribution in [0.3, 0.4) is 0 Å². The molecule has 1 rings (SSSR count). The van der Waals surface area contributed by atoms with E-state index in [0.717, 1.165) is 18.7 Å². The normalized spacial score (nSPS) is 15.6. The molecule has 0 saturated carbocycles. The topological polar surface area (TPSA) is 42.1 Å². The third-order valence-corrected chi connectivity index (χ3v) is 3.52. The van der Waals surface area contributed by atoms with Gasteiger partial charge in [0.15, 0.2) is 0 Å².